The second-order valence-corrected chi connectivity index (χ2v) is 51.7. The van der Waals surface area contributed by atoms with E-state index in [9.17, 15) is 0 Å². The van der Waals surface area contributed by atoms with E-state index in [0.29, 0.717) is 27.1 Å². The number of fused-ring (bicyclic) bond motifs is 15. The lowest BCUT2D eigenvalue weighted by molar-refractivity contribution is 0.150. The van der Waals surface area contributed by atoms with Gasteiger partial charge in [-0.05, 0) is 334 Å². The molecule has 5 heterocycles. The van der Waals surface area contributed by atoms with Crippen molar-refractivity contribution in [1.29, 1.82) is 0 Å². The number of benzene rings is 6. The molecule has 0 radical (unpaired) electrons. The van der Waals surface area contributed by atoms with Crippen LogP contribution in [0.5, 0.6) is 0 Å². The number of pyridine rings is 5. The highest BCUT2D eigenvalue weighted by atomic mass is 14.8. The summed E-state index contributed by atoms with van der Waals surface area (Å²) in [7, 11) is 0. The van der Waals surface area contributed by atoms with E-state index in [-0.39, 0.29) is 5.41 Å². The van der Waals surface area contributed by atoms with Crippen molar-refractivity contribution in [2.24, 2.45) is 59.2 Å². The molecule has 26 rings (SSSR count). The van der Waals surface area contributed by atoms with Crippen LogP contribution in [0.15, 0.2) is 225 Å². The molecule has 5 heteroatoms. The van der Waals surface area contributed by atoms with Crippen molar-refractivity contribution in [2.75, 3.05) is 0 Å². The van der Waals surface area contributed by atoms with E-state index in [2.05, 4.69) is 382 Å². The lowest BCUT2D eigenvalue weighted by atomic mass is 9.56. The summed E-state index contributed by atoms with van der Waals surface area (Å²) in [6, 6.07) is 72.5. The maximum Gasteiger partial charge on any atom is 0.0504 e. The van der Waals surface area contributed by atoms with Crippen LogP contribution in [0.4, 0.5) is 0 Å². The predicted octanol–water partition coefficient (Wildman–Crippen LogP) is 43.0. The average Bonchev–Trinajstić information content (AvgIpc) is 1.55. The molecule has 15 aliphatic carbocycles. The quantitative estimate of drug-likeness (QED) is 0.0801. The molecule has 778 valence electrons. The second-order valence-electron chi connectivity index (χ2n) is 51.7. The Hall–Kier alpha value is -9.58. The van der Waals surface area contributed by atoms with Gasteiger partial charge in [0.15, 0.2) is 0 Å². The summed E-state index contributed by atoms with van der Waals surface area (Å²) in [6.45, 7) is 41.8. The standard InChI is InChI=1S/C27H27N.C25H31N.C24H29N.C23H27N.C22H25N.5C4H10/c1-2-9-19(10-3-1)21-13-6-14-22-24(21)23-15-7-18-28-26(23)25(22)27(16-8-17-27)20-11-4-5-12-20;1-24(2,3)20-13-6-11-18-21(20)19-12-7-16-26-23(19)22(18)25(14-8-15-25)17-9-4-5-10-17;1-2-8-16-24(15-7-1,18-10-3-4-11-18)22-20-13-6-5-12-19(20)21-14-9-17-25-23(21)22;1-6-14-23(15-7-1,17-9-2-3-10-17)21-19-12-5-4-11-18(19)20-13-8-16-24-22(20)21;1-15-7-4-10-17-19(15)18-11-5-14-23-21(18)20(17)22(12-6-13-22)16-8-2-3-9-16;5*1-4(2)3/h1-3,6-7,9-10,13-15,18,20,28H,4-5,8,11-12,16-17H2;6-7,11-13,16-17,26H,4-5,8-10,14-15H2,1-3H3;5-6,9,12-14,17-18,25H,1-4,7-8,10-11,15-16H2;4-5,8,11-13,16-17,24H,1-3,6-7,9-10,14-15H2;4-5,7,10-11,14,16,23H,2-3,6,8-9,12-13H2,1H3;5*4H,1-3H3. The molecule has 0 spiro atoms. The summed E-state index contributed by atoms with van der Waals surface area (Å²) < 4.78 is 0. The van der Waals surface area contributed by atoms with Gasteiger partial charge in [0.1, 0.15) is 0 Å². The zero-order chi connectivity index (χ0) is 102. The van der Waals surface area contributed by atoms with Crippen molar-refractivity contribution in [2.45, 2.75) is 421 Å². The third-order valence-electron chi connectivity index (χ3n) is 36.1. The second kappa shape index (κ2) is 48.2. The van der Waals surface area contributed by atoms with Crippen molar-refractivity contribution in [3.8, 4) is 67.4 Å². The van der Waals surface area contributed by atoms with Crippen LogP contribution >= 0.6 is 0 Å². The number of H-pyrrole nitrogens is 5. The monoisotopic (exact) mass is 1950 g/mol. The smallest absolute Gasteiger partial charge is 0.0504 e. The fourth-order valence-corrected chi connectivity index (χ4v) is 30.2. The van der Waals surface area contributed by atoms with Gasteiger partial charge in [-0.25, -0.2) is 0 Å². The van der Waals surface area contributed by atoms with Gasteiger partial charge in [0, 0.05) is 85.9 Å². The van der Waals surface area contributed by atoms with Gasteiger partial charge in [0.05, 0.1) is 28.5 Å². The fourth-order valence-electron chi connectivity index (χ4n) is 30.2. The van der Waals surface area contributed by atoms with Gasteiger partial charge in [-0.3, -0.25) is 0 Å². The summed E-state index contributed by atoms with van der Waals surface area (Å²) in [5.41, 5.74) is 30.3. The molecule has 10 saturated carbocycles. The first kappa shape index (κ1) is 108. The Morgan fingerprint density at radius 2 is 0.445 bits per heavy atom. The predicted molar refractivity (Wildman–Crippen MR) is 637 cm³/mol. The van der Waals surface area contributed by atoms with Crippen LogP contribution in [0.2, 0.25) is 0 Å². The molecular weight excluding hydrogens is 1760 g/mol. The number of hydrogen-bond donors (Lipinski definition) is 5. The Labute approximate surface area is 884 Å². The van der Waals surface area contributed by atoms with Crippen LogP contribution in [-0.2, 0) is 32.5 Å². The number of rotatable bonds is 11. The van der Waals surface area contributed by atoms with E-state index in [4.69, 9.17) is 0 Å². The van der Waals surface area contributed by atoms with Crippen LogP contribution in [0.1, 0.15) is 420 Å². The minimum Gasteiger partial charge on any atom is -0.361 e. The highest BCUT2D eigenvalue weighted by molar-refractivity contribution is 6.14. The van der Waals surface area contributed by atoms with Gasteiger partial charge in [-0.15, -0.1) is 0 Å². The number of aryl methyl sites for hydroxylation is 1. The van der Waals surface area contributed by atoms with E-state index in [1.54, 1.807) is 27.8 Å². The maximum absolute atomic E-state index is 3.68. The van der Waals surface area contributed by atoms with Crippen LogP contribution < -0.4 is 0 Å². The first-order chi connectivity index (χ1) is 70.7. The first-order valence-electron chi connectivity index (χ1n) is 59.7. The van der Waals surface area contributed by atoms with Crippen molar-refractivity contribution >= 4 is 53.9 Å². The molecular formula is C141H189N5. The highest BCUT2D eigenvalue weighted by Crippen LogP contribution is 2.66. The molecule has 20 aliphatic rings. The summed E-state index contributed by atoms with van der Waals surface area (Å²) in [4.78, 5) is 18.3. The Balaban J connectivity index is 0.000000119. The molecule has 5 N–H and O–H groups in total. The van der Waals surface area contributed by atoms with Crippen LogP contribution in [0, 0.1) is 66.1 Å². The normalized spacial score (nSPS) is 19.2. The van der Waals surface area contributed by atoms with Crippen molar-refractivity contribution < 1.29 is 0 Å². The Morgan fingerprint density at radius 1 is 0.212 bits per heavy atom. The Kier molecular flexibility index (Phi) is 35.5. The summed E-state index contributed by atoms with van der Waals surface area (Å²) in [5.74, 6) is 8.59. The van der Waals surface area contributed by atoms with Gasteiger partial charge >= 0.3 is 0 Å². The summed E-state index contributed by atoms with van der Waals surface area (Å²) in [6.07, 6.45) is 67.2. The molecule has 0 atom stereocenters. The average molecular weight is 1950 g/mol. The topological polar surface area (TPSA) is 78.9 Å². The number of nitrogens with one attached hydrogen (secondary N) is 5. The molecule has 5 aliphatic heterocycles. The Bertz CT molecular complexity index is 6490. The van der Waals surface area contributed by atoms with Gasteiger partial charge in [-0.2, -0.15) is 0 Å². The third kappa shape index (κ3) is 22.3. The Morgan fingerprint density at radius 3 is 0.760 bits per heavy atom. The maximum atomic E-state index is 3.68. The zero-order valence-electron chi connectivity index (χ0n) is 94.4. The number of hydrogen-bond acceptors (Lipinski definition) is 0. The van der Waals surface area contributed by atoms with Gasteiger partial charge < -0.3 is 24.9 Å². The van der Waals surface area contributed by atoms with Crippen molar-refractivity contribution in [3.63, 3.8) is 0 Å². The zero-order valence-corrected chi connectivity index (χ0v) is 94.4. The molecule has 6 aromatic carbocycles. The van der Waals surface area contributed by atoms with E-state index in [0.717, 1.165) is 59.2 Å². The lowest BCUT2D eigenvalue weighted by Gasteiger charge is -2.48. The van der Waals surface area contributed by atoms with Gasteiger partial charge in [0.2, 0.25) is 0 Å². The number of aromatic amines is 5. The van der Waals surface area contributed by atoms with Crippen LogP contribution in [0.25, 0.3) is 121 Å². The van der Waals surface area contributed by atoms with Crippen molar-refractivity contribution in [3.05, 3.63) is 264 Å². The van der Waals surface area contributed by atoms with Crippen LogP contribution in [0.3, 0.4) is 0 Å². The first-order valence-corrected chi connectivity index (χ1v) is 59.7. The van der Waals surface area contributed by atoms with Crippen LogP contribution in [-0.4, -0.2) is 24.9 Å². The third-order valence-corrected chi connectivity index (χ3v) is 36.1. The summed E-state index contributed by atoms with van der Waals surface area (Å²) >= 11 is 0. The molecule has 6 aromatic rings. The van der Waals surface area contributed by atoms with E-state index < -0.39 is 0 Å². The molecule has 146 heavy (non-hydrogen) atoms. The van der Waals surface area contributed by atoms with E-state index >= 15 is 0 Å². The molecule has 0 amide bonds. The lowest BCUT2D eigenvalue weighted by Crippen LogP contribution is -2.41. The molecule has 5 nitrogen and oxygen atoms in total. The molecule has 10 fully saturated rings. The van der Waals surface area contributed by atoms with Gasteiger partial charge in [-0.1, -0.05) is 417 Å². The molecule has 0 unspecified atom stereocenters. The molecule has 0 aromatic heterocycles. The van der Waals surface area contributed by atoms with E-state index in [1.807, 2.05) is 0 Å². The minimum atomic E-state index is 0.161. The van der Waals surface area contributed by atoms with Crippen molar-refractivity contribution in [1.82, 2.24) is 24.9 Å². The fraction of sp³-hybridized carbons (Fsp3) is 0.532. The molecule has 0 saturated heterocycles. The highest BCUT2D eigenvalue weighted by Gasteiger charge is 2.54. The van der Waals surface area contributed by atoms with E-state index in [1.165, 1.54) is 389 Å². The largest absolute Gasteiger partial charge is 0.361 e. The van der Waals surface area contributed by atoms with Gasteiger partial charge in [0.25, 0.3) is 0 Å². The summed E-state index contributed by atoms with van der Waals surface area (Å²) in [5, 5.41) is 14.9. The molecule has 0 bridgehead atoms. The number of aromatic nitrogens is 5. The minimum absolute atomic E-state index is 0.161. The SMILES string of the molecule is CC(C)(C)c1cccc2c(C3(C4CCCC4)CCC3)c3[nH]cccc-3c12.CC(C)C.CC(C)C.CC(C)C.CC(C)C.CC(C)C.Cc1cccc2c(C3(C4CCCC4)CCC3)c3[nH]cccc-3c12.c1c[nH]c2c(C3(C4CCCC4)CCCCC3)c3ccccc3c-2c1.c1c[nH]c2c(C3(C4CCCC4)CCCCCC3)c3ccccc3c-2c1.c1ccc(-c2cccc3c(C4(C5CCCC5)CCC4)c4[nH]cccc-4c23)cc1.